The van der Waals surface area contributed by atoms with E-state index in [0.717, 1.165) is 28.2 Å². The zero-order valence-corrected chi connectivity index (χ0v) is 19.8. The van der Waals surface area contributed by atoms with Gasteiger partial charge in [0.05, 0.1) is 17.7 Å². The molecule has 1 aromatic carbocycles. The SMILES string of the molecule is CCC1CCc2sc(-c3nnc(SCC(=O)NCc4ccc(OC)cc4)n3C)cc2C1. The molecule has 6 nitrogen and oxygen atoms in total. The van der Waals surface area contributed by atoms with E-state index in [1.165, 1.54) is 52.8 Å². The molecule has 0 radical (unpaired) electrons. The number of hydrogen-bond acceptors (Lipinski definition) is 6. The second-order valence-electron chi connectivity index (χ2n) is 7.85. The zero-order chi connectivity index (χ0) is 21.8. The highest BCUT2D eigenvalue weighted by Gasteiger charge is 2.22. The van der Waals surface area contributed by atoms with Gasteiger partial charge in [-0.2, -0.15) is 0 Å². The minimum Gasteiger partial charge on any atom is -0.497 e. The molecule has 0 bridgehead atoms. The fraction of sp³-hybridized carbons (Fsp3) is 0.435. The molecule has 2 heterocycles. The Morgan fingerprint density at radius 2 is 2.13 bits per heavy atom. The molecule has 8 heteroatoms. The molecule has 1 aliphatic rings. The van der Waals surface area contributed by atoms with E-state index in [0.29, 0.717) is 12.3 Å². The maximum atomic E-state index is 12.3. The Bertz CT molecular complexity index is 1040. The first-order chi connectivity index (χ1) is 15.1. The van der Waals surface area contributed by atoms with Crippen LogP contribution in [0.5, 0.6) is 5.75 Å². The van der Waals surface area contributed by atoms with E-state index in [4.69, 9.17) is 4.74 Å². The number of carbonyl (C=O) groups is 1. The Morgan fingerprint density at radius 3 is 2.87 bits per heavy atom. The minimum atomic E-state index is -0.0254. The lowest BCUT2D eigenvalue weighted by atomic mass is 9.87. The van der Waals surface area contributed by atoms with Crippen LogP contribution in [0.3, 0.4) is 0 Å². The molecule has 1 atom stereocenters. The number of nitrogens with one attached hydrogen (secondary N) is 1. The van der Waals surface area contributed by atoms with Crippen LogP contribution in [-0.2, 0) is 31.2 Å². The first kappa shape index (κ1) is 21.9. The molecule has 1 amide bonds. The molecule has 31 heavy (non-hydrogen) atoms. The molecule has 0 saturated carbocycles. The van der Waals surface area contributed by atoms with Gasteiger partial charge in [0, 0.05) is 18.5 Å². The highest BCUT2D eigenvalue weighted by Crippen LogP contribution is 2.38. The van der Waals surface area contributed by atoms with Gasteiger partial charge in [-0.05, 0) is 54.5 Å². The lowest BCUT2D eigenvalue weighted by molar-refractivity contribution is -0.118. The molecule has 0 saturated heterocycles. The van der Waals surface area contributed by atoms with E-state index < -0.39 is 0 Å². The Labute approximate surface area is 191 Å². The van der Waals surface area contributed by atoms with Gasteiger partial charge in [0.25, 0.3) is 0 Å². The van der Waals surface area contributed by atoms with E-state index in [9.17, 15) is 4.79 Å². The molecule has 0 aliphatic heterocycles. The highest BCUT2D eigenvalue weighted by atomic mass is 32.2. The summed E-state index contributed by atoms with van der Waals surface area (Å²) in [5.41, 5.74) is 2.51. The quantitative estimate of drug-likeness (QED) is 0.506. The lowest BCUT2D eigenvalue weighted by Crippen LogP contribution is -2.24. The van der Waals surface area contributed by atoms with Crippen LogP contribution < -0.4 is 10.1 Å². The average Bonchev–Trinajstić information content (AvgIpc) is 3.38. The van der Waals surface area contributed by atoms with Crippen LogP contribution in [-0.4, -0.2) is 33.5 Å². The van der Waals surface area contributed by atoms with Gasteiger partial charge in [0.15, 0.2) is 11.0 Å². The van der Waals surface area contributed by atoms with Crippen molar-refractivity contribution in [3.8, 4) is 16.5 Å². The number of carbonyl (C=O) groups excluding carboxylic acids is 1. The van der Waals surface area contributed by atoms with Crippen LogP contribution in [0, 0.1) is 5.92 Å². The summed E-state index contributed by atoms with van der Waals surface area (Å²) in [6, 6.07) is 9.97. The fourth-order valence-electron chi connectivity index (χ4n) is 3.84. The molecule has 1 aliphatic carbocycles. The van der Waals surface area contributed by atoms with Crippen LogP contribution >= 0.6 is 23.1 Å². The monoisotopic (exact) mass is 456 g/mol. The third kappa shape index (κ3) is 5.13. The third-order valence-electron chi connectivity index (χ3n) is 5.80. The van der Waals surface area contributed by atoms with Crippen molar-refractivity contribution in [1.82, 2.24) is 20.1 Å². The molecule has 164 valence electrons. The Morgan fingerprint density at radius 1 is 1.32 bits per heavy atom. The van der Waals surface area contributed by atoms with Gasteiger partial charge in [-0.1, -0.05) is 37.2 Å². The Hall–Kier alpha value is -2.32. The fourth-order valence-corrected chi connectivity index (χ4v) is 5.81. The maximum Gasteiger partial charge on any atom is 0.230 e. The largest absolute Gasteiger partial charge is 0.497 e. The van der Waals surface area contributed by atoms with Crippen molar-refractivity contribution in [2.45, 2.75) is 44.3 Å². The number of aromatic nitrogens is 3. The number of benzene rings is 1. The average molecular weight is 457 g/mol. The smallest absolute Gasteiger partial charge is 0.230 e. The second kappa shape index (κ2) is 9.87. The first-order valence-corrected chi connectivity index (χ1v) is 12.4. The topological polar surface area (TPSA) is 69.0 Å². The van der Waals surface area contributed by atoms with Gasteiger partial charge in [-0.3, -0.25) is 4.79 Å². The second-order valence-corrected chi connectivity index (χ2v) is 9.93. The number of hydrogen-bond donors (Lipinski definition) is 1. The van der Waals surface area contributed by atoms with E-state index in [1.807, 2.05) is 47.2 Å². The van der Waals surface area contributed by atoms with Crippen molar-refractivity contribution in [3.05, 3.63) is 46.3 Å². The molecule has 1 unspecified atom stereocenters. The number of ether oxygens (including phenoxy) is 1. The molecule has 4 rings (SSSR count). The number of fused-ring (bicyclic) bond motifs is 1. The van der Waals surface area contributed by atoms with E-state index in [-0.39, 0.29) is 5.91 Å². The van der Waals surface area contributed by atoms with Gasteiger partial charge < -0.3 is 14.6 Å². The highest BCUT2D eigenvalue weighted by molar-refractivity contribution is 7.99. The van der Waals surface area contributed by atoms with E-state index in [2.05, 4.69) is 28.5 Å². The maximum absolute atomic E-state index is 12.3. The molecular formula is C23H28N4O2S2. The van der Waals surface area contributed by atoms with Crippen molar-refractivity contribution < 1.29 is 9.53 Å². The predicted octanol–water partition coefficient (Wildman–Crippen LogP) is 4.48. The number of aryl methyl sites for hydroxylation is 1. The molecule has 3 aromatic rings. The summed E-state index contributed by atoms with van der Waals surface area (Å²) in [5.74, 6) is 2.77. The summed E-state index contributed by atoms with van der Waals surface area (Å²) in [6.45, 7) is 2.77. The van der Waals surface area contributed by atoms with Crippen LogP contribution in [0.1, 0.15) is 35.8 Å². The third-order valence-corrected chi connectivity index (χ3v) is 8.05. The number of rotatable bonds is 8. The van der Waals surface area contributed by atoms with Gasteiger partial charge in [-0.25, -0.2) is 0 Å². The first-order valence-electron chi connectivity index (χ1n) is 10.6. The summed E-state index contributed by atoms with van der Waals surface area (Å²) >= 11 is 3.25. The number of amides is 1. The molecule has 0 spiro atoms. The summed E-state index contributed by atoms with van der Waals surface area (Å²) in [6.07, 6.45) is 4.88. The lowest BCUT2D eigenvalue weighted by Gasteiger charge is -2.19. The van der Waals surface area contributed by atoms with Crippen LogP contribution in [0.4, 0.5) is 0 Å². The van der Waals surface area contributed by atoms with Crippen LogP contribution in [0.15, 0.2) is 35.5 Å². The van der Waals surface area contributed by atoms with Crippen LogP contribution in [0.2, 0.25) is 0 Å². The van der Waals surface area contributed by atoms with Crippen molar-refractivity contribution in [3.63, 3.8) is 0 Å². The van der Waals surface area contributed by atoms with Crippen molar-refractivity contribution in [2.75, 3.05) is 12.9 Å². The molecule has 1 N–H and O–H groups in total. The van der Waals surface area contributed by atoms with Gasteiger partial charge >= 0.3 is 0 Å². The van der Waals surface area contributed by atoms with Crippen LogP contribution in [0.25, 0.3) is 10.7 Å². The van der Waals surface area contributed by atoms with Gasteiger partial charge in [0.1, 0.15) is 5.75 Å². The summed E-state index contributed by atoms with van der Waals surface area (Å²) in [4.78, 5) is 14.9. The molecule has 2 aromatic heterocycles. The molecule has 0 fully saturated rings. The normalized spacial score (nSPS) is 15.5. The Balaban J connectivity index is 1.33. The van der Waals surface area contributed by atoms with Crippen molar-refractivity contribution >= 4 is 29.0 Å². The number of thiophene rings is 1. The van der Waals surface area contributed by atoms with E-state index >= 15 is 0 Å². The summed E-state index contributed by atoms with van der Waals surface area (Å²) in [7, 11) is 3.61. The van der Waals surface area contributed by atoms with Crippen molar-refractivity contribution in [1.29, 1.82) is 0 Å². The minimum absolute atomic E-state index is 0.0254. The van der Waals surface area contributed by atoms with Gasteiger partial charge in [0.2, 0.25) is 5.91 Å². The van der Waals surface area contributed by atoms with E-state index in [1.54, 1.807) is 7.11 Å². The van der Waals surface area contributed by atoms with Gasteiger partial charge in [-0.15, -0.1) is 21.5 Å². The van der Waals surface area contributed by atoms with Crippen molar-refractivity contribution in [2.24, 2.45) is 13.0 Å². The number of nitrogens with zero attached hydrogens (tertiary/aromatic N) is 3. The zero-order valence-electron chi connectivity index (χ0n) is 18.2. The standard InChI is InChI=1S/C23H28N4O2S2/c1-4-15-7-10-19-17(11-15)12-20(31-19)22-25-26-23(27(22)2)30-14-21(28)24-13-16-5-8-18(29-3)9-6-16/h5-6,8-9,12,15H,4,7,10-11,13-14H2,1-3H3,(H,24,28). The summed E-state index contributed by atoms with van der Waals surface area (Å²) < 4.78 is 7.15. The number of thioether (sulfide) groups is 1. The molecular weight excluding hydrogens is 428 g/mol. The predicted molar refractivity (Wildman–Crippen MR) is 126 cm³/mol. The Kier molecular flexibility index (Phi) is 6.97. The number of methoxy groups -OCH3 is 1. The summed E-state index contributed by atoms with van der Waals surface area (Å²) in [5, 5.41) is 12.5.